The fraction of sp³-hybridized carbons (Fsp3) is 0.100. The average Bonchev–Trinajstić information content (AvgIpc) is 3.14. The molecule has 0 atom stereocenters. The van der Waals surface area contributed by atoms with Crippen LogP contribution in [-0.4, -0.2) is 38.6 Å². The maximum absolute atomic E-state index is 13.2. The van der Waals surface area contributed by atoms with Crippen molar-refractivity contribution in [2.45, 2.75) is 5.16 Å². The van der Waals surface area contributed by atoms with Crippen molar-refractivity contribution in [3.8, 4) is 17.0 Å². The largest absolute Gasteiger partial charge is 0.496 e. The Morgan fingerprint density at radius 1 is 1.14 bits per heavy atom. The molecule has 0 fully saturated rings. The zero-order chi connectivity index (χ0) is 20.2. The number of nitrogens with zero attached hydrogens (tertiary/aromatic N) is 4. The van der Waals surface area contributed by atoms with E-state index in [4.69, 9.17) is 4.74 Å². The Morgan fingerprint density at radius 2 is 2.00 bits per heavy atom. The summed E-state index contributed by atoms with van der Waals surface area (Å²) in [7, 11) is 1.61. The molecule has 1 amide bonds. The summed E-state index contributed by atoms with van der Waals surface area (Å²) in [4.78, 5) is 12.2. The van der Waals surface area contributed by atoms with E-state index in [2.05, 4.69) is 20.6 Å². The van der Waals surface area contributed by atoms with Crippen molar-refractivity contribution < 1.29 is 13.9 Å². The van der Waals surface area contributed by atoms with Crippen molar-refractivity contribution in [3.63, 3.8) is 0 Å². The molecule has 1 N–H and O–H groups in total. The highest BCUT2D eigenvalue weighted by atomic mass is 32.2. The molecule has 29 heavy (non-hydrogen) atoms. The molecule has 0 saturated heterocycles. The zero-order valence-corrected chi connectivity index (χ0v) is 16.2. The number of carbonyl (C=O) groups excluding carboxylic acids is 1. The van der Waals surface area contributed by atoms with Crippen LogP contribution in [0, 0.1) is 5.82 Å². The number of fused-ring (bicyclic) bond motifs is 1. The first-order chi connectivity index (χ1) is 14.1. The number of nitrogens with one attached hydrogen (secondary N) is 1. The molecule has 0 unspecified atom stereocenters. The Morgan fingerprint density at radius 3 is 2.83 bits per heavy atom. The van der Waals surface area contributed by atoms with Gasteiger partial charge in [0.15, 0.2) is 5.65 Å². The van der Waals surface area contributed by atoms with Crippen LogP contribution in [0.5, 0.6) is 5.75 Å². The summed E-state index contributed by atoms with van der Waals surface area (Å²) in [5, 5.41) is 15.9. The average molecular weight is 409 g/mol. The zero-order valence-electron chi connectivity index (χ0n) is 15.4. The molecule has 0 aliphatic carbocycles. The van der Waals surface area contributed by atoms with Crippen molar-refractivity contribution >= 4 is 29.0 Å². The van der Waals surface area contributed by atoms with Gasteiger partial charge in [-0.15, -0.1) is 10.2 Å². The van der Waals surface area contributed by atoms with E-state index in [0.717, 1.165) is 5.56 Å². The molecule has 0 spiro atoms. The first kappa shape index (κ1) is 18.9. The summed E-state index contributed by atoms with van der Waals surface area (Å²) in [6, 6.07) is 16.9. The van der Waals surface area contributed by atoms with E-state index in [0.29, 0.717) is 27.9 Å². The van der Waals surface area contributed by atoms with E-state index in [1.807, 2.05) is 30.3 Å². The number of benzene rings is 2. The van der Waals surface area contributed by atoms with Crippen LogP contribution in [0.1, 0.15) is 0 Å². The predicted molar refractivity (Wildman–Crippen MR) is 109 cm³/mol. The predicted octanol–water partition coefficient (Wildman–Crippen LogP) is 3.67. The lowest BCUT2D eigenvalue weighted by Gasteiger charge is -2.08. The molecule has 146 valence electrons. The third-order valence-corrected chi connectivity index (χ3v) is 4.98. The molecule has 7 nitrogen and oxygen atoms in total. The van der Waals surface area contributed by atoms with Gasteiger partial charge in [0.1, 0.15) is 11.6 Å². The highest BCUT2D eigenvalue weighted by Crippen LogP contribution is 2.28. The molecule has 2 aromatic heterocycles. The standard InChI is InChI=1S/C20H16FN5O2S/c1-28-17-8-3-2-7-15(17)16-9-10-18-23-24-20(26(18)25-16)29-12-19(27)22-14-6-4-5-13(21)11-14/h2-11H,12H2,1H3,(H,22,27). The van der Waals surface area contributed by atoms with Crippen LogP contribution >= 0.6 is 11.8 Å². The van der Waals surface area contributed by atoms with Gasteiger partial charge in [-0.2, -0.15) is 9.61 Å². The number of anilines is 1. The van der Waals surface area contributed by atoms with E-state index in [1.165, 1.54) is 30.0 Å². The number of methoxy groups -OCH3 is 1. The van der Waals surface area contributed by atoms with Crippen LogP contribution in [0.2, 0.25) is 0 Å². The smallest absolute Gasteiger partial charge is 0.234 e. The van der Waals surface area contributed by atoms with Crippen LogP contribution in [-0.2, 0) is 4.79 Å². The van der Waals surface area contributed by atoms with Gasteiger partial charge in [-0.1, -0.05) is 30.0 Å². The van der Waals surface area contributed by atoms with Crippen molar-refractivity contribution in [1.82, 2.24) is 19.8 Å². The number of aromatic nitrogens is 4. The molecule has 0 radical (unpaired) electrons. The summed E-state index contributed by atoms with van der Waals surface area (Å²) < 4.78 is 20.2. The van der Waals surface area contributed by atoms with E-state index in [-0.39, 0.29) is 11.7 Å². The fourth-order valence-electron chi connectivity index (χ4n) is 2.75. The minimum atomic E-state index is -0.410. The summed E-state index contributed by atoms with van der Waals surface area (Å²) in [6.45, 7) is 0. The van der Waals surface area contributed by atoms with E-state index < -0.39 is 5.82 Å². The van der Waals surface area contributed by atoms with Crippen LogP contribution in [0.15, 0.2) is 65.8 Å². The van der Waals surface area contributed by atoms with Gasteiger partial charge in [0.25, 0.3) is 0 Å². The topological polar surface area (TPSA) is 81.4 Å². The third kappa shape index (κ3) is 4.19. The van der Waals surface area contributed by atoms with Crippen LogP contribution in [0.4, 0.5) is 10.1 Å². The van der Waals surface area contributed by atoms with Gasteiger partial charge in [-0.3, -0.25) is 4.79 Å². The van der Waals surface area contributed by atoms with E-state index in [1.54, 1.807) is 23.8 Å². The first-order valence-electron chi connectivity index (χ1n) is 8.68. The maximum Gasteiger partial charge on any atom is 0.234 e. The summed E-state index contributed by atoms with van der Waals surface area (Å²) in [5.74, 6) is 0.0963. The number of carbonyl (C=O) groups is 1. The molecule has 0 aliphatic heterocycles. The molecule has 0 aliphatic rings. The number of halogens is 1. The SMILES string of the molecule is COc1ccccc1-c1ccc2nnc(SCC(=O)Nc3cccc(F)c3)n2n1. The molecular weight excluding hydrogens is 393 g/mol. The Kier molecular flexibility index (Phi) is 5.39. The number of hydrogen-bond donors (Lipinski definition) is 1. The minimum Gasteiger partial charge on any atom is -0.496 e. The highest BCUT2D eigenvalue weighted by molar-refractivity contribution is 7.99. The molecule has 9 heteroatoms. The summed E-state index contributed by atoms with van der Waals surface area (Å²) in [5.41, 5.74) is 2.50. The fourth-order valence-corrected chi connectivity index (χ4v) is 3.44. The van der Waals surface area contributed by atoms with Gasteiger partial charge in [-0.25, -0.2) is 4.39 Å². The number of para-hydroxylation sites is 1. The van der Waals surface area contributed by atoms with Crippen molar-refractivity contribution in [2.75, 3.05) is 18.2 Å². The second-order valence-corrected chi connectivity index (χ2v) is 6.96. The number of ether oxygens (including phenoxy) is 1. The number of thioether (sulfide) groups is 1. The van der Waals surface area contributed by atoms with Crippen molar-refractivity contribution in [3.05, 3.63) is 66.5 Å². The number of rotatable bonds is 6. The second kappa shape index (κ2) is 8.27. The third-order valence-electron chi connectivity index (χ3n) is 4.06. The molecule has 4 aromatic rings. The molecule has 0 bridgehead atoms. The normalized spacial score (nSPS) is 10.8. The monoisotopic (exact) mass is 409 g/mol. The molecule has 0 saturated carbocycles. The Bertz CT molecular complexity index is 1180. The first-order valence-corrected chi connectivity index (χ1v) is 9.66. The van der Waals surface area contributed by atoms with Crippen LogP contribution in [0.25, 0.3) is 16.9 Å². The lowest BCUT2D eigenvalue weighted by molar-refractivity contribution is -0.113. The molecular formula is C20H16FN5O2S. The molecule has 2 aromatic carbocycles. The van der Waals surface area contributed by atoms with Gasteiger partial charge in [0, 0.05) is 11.3 Å². The summed E-state index contributed by atoms with van der Waals surface area (Å²) in [6.07, 6.45) is 0. The van der Waals surface area contributed by atoms with Crippen LogP contribution in [0.3, 0.4) is 0 Å². The van der Waals surface area contributed by atoms with Gasteiger partial charge >= 0.3 is 0 Å². The van der Waals surface area contributed by atoms with Crippen molar-refractivity contribution in [2.24, 2.45) is 0 Å². The van der Waals surface area contributed by atoms with Gasteiger partial charge in [0.2, 0.25) is 11.1 Å². The van der Waals surface area contributed by atoms with Crippen LogP contribution < -0.4 is 10.1 Å². The van der Waals surface area contributed by atoms with Crippen molar-refractivity contribution in [1.29, 1.82) is 0 Å². The molecule has 4 rings (SSSR count). The van der Waals surface area contributed by atoms with Gasteiger partial charge in [0.05, 0.1) is 18.6 Å². The van der Waals surface area contributed by atoms with Gasteiger partial charge < -0.3 is 10.1 Å². The Hall–Kier alpha value is -3.46. The highest BCUT2D eigenvalue weighted by Gasteiger charge is 2.13. The van der Waals surface area contributed by atoms with E-state index >= 15 is 0 Å². The maximum atomic E-state index is 13.2. The lowest BCUT2D eigenvalue weighted by Crippen LogP contribution is -2.14. The van der Waals surface area contributed by atoms with E-state index in [9.17, 15) is 9.18 Å². The minimum absolute atomic E-state index is 0.0812. The second-order valence-electron chi connectivity index (χ2n) is 6.02. The number of hydrogen-bond acceptors (Lipinski definition) is 6. The lowest BCUT2D eigenvalue weighted by atomic mass is 10.1. The van der Waals surface area contributed by atoms with Gasteiger partial charge in [-0.05, 0) is 42.5 Å². The quantitative estimate of drug-likeness (QED) is 0.490. The number of amides is 1. The Labute approximate surface area is 169 Å². The molecule has 2 heterocycles. The Balaban J connectivity index is 1.53. The summed E-state index contributed by atoms with van der Waals surface area (Å²) >= 11 is 1.19.